The van der Waals surface area contributed by atoms with E-state index in [-0.39, 0.29) is 28.9 Å². The smallest absolute Gasteiger partial charge is 0.235 e. The zero-order valence-corrected chi connectivity index (χ0v) is 13.0. The summed E-state index contributed by atoms with van der Waals surface area (Å²) in [5.74, 6) is -0.640. The normalized spacial score (nSPS) is 19.7. The van der Waals surface area contributed by atoms with E-state index in [1.807, 2.05) is 6.07 Å². The van der Waals surface area contributed by atoms with Gasteiger partial charge in [-0.3, -0.25) is 4.79 Å². The Bertz CT molecular complexity index is 682. The van der Waals surface area contributed by atoms with Crippen molar-refractivity contribution in [1.29, 1.82) is 0 Å². The van der Waals surface area contributed by atoms with Gasteiger partial charge in [-0.15, -0.1) is 0 Å². The number of rotatable bonds is 7. The molecule has 0 aliphatic heterocycles. The molecule has 0 radical (unpaired) electrons. The van der Waals surface area contributed by atoms with E-state index in [2.05, 4.69) is 10.0 Å². The number of carbonyl (C=O) groups is 1. The summed E-state index contributed by atoms with van der Waals surface area (Å²) in [6.07, 6.45) is 3.12. The van der Waals surface area contributed by atoms with Gasteiger partial charge in [0.2, 0.25) is 15.9 Å². The van der Waals surface area contributed by atoms with E-state index in [9.17, 15) is 17.6 Å². The fourth-order valence-electron chi connectivity index (χ4n) is 2.53. The van der Waals surface area contributed by atoms with Gasteiger partial charge in [0, 0.05) is 12.0 Å². The molecule has 0 unspecified atom stereocenters. The van der Waals surface area contributed by atoms with Gasteiger partial charge in [0.05, 0.1) is 11.8 Å². The van der Waals surface area contributed by atoms with Crippen LogP contribution in [0.4, 0.5) is 4.39 Å². The van der Waals surface area contributed by atoms with Crippen molar-refractivity contribution in [2.24, 2.45) is 0 Å². The first-order valence-corrected chi connectivity index (χ1v) is 8.97. The van der Waals surface area contributed by atoms with Crippen molar-refractivity contribution in [2.45, 2.75) is 36.3 Å². The van der Waals surface area contributed by atoms with Gasteiger partial charge < -0.3 is 5.32 Å². The third kappa shape index (κ3) is 3.47. The van der Waals surface area contributed by atoms with Crippen LogP contribution in [0.2, 0.25) is 0 Å². The van der Waals surface area contributed by atoms with E-state index < -0.39 is 10.0 Å². The molecular formula is C15H19FN2O3S. The van der Waals surface area contributed by atoms with Crippen molar-refractivity contribution in [2.75, 3.05) is 13.1 Å². The molecule has 7 heteroatoms. The maximum atomic E-state index is 13.3. The van der Waals surface area contributed by atoms with Gasteiger partial charge in [-0.05, 0) is 43.4 Å². The van der Waals surface area contributed by atoms with Gasteiger partial charge in [0.25, 0.3) is 0 Å². The van der Waals surface area contributed by atoms with Crippen LogP contribution in [0.15, 0.2) is 24.3 Å². The molecule has 22 heavy (non-hydrogen) atoms. The van der Waals surface area contributed by atoms with Gasteiger partial charge in [0.1, 0.15) is 5.82 Å². The van der Waals surface area contributed by atoms with E-state index in [4.69, 9.17) is 0 Å². The average Bonchev–Trinajstić information content (AvgIpc) is 3.37. The Labute approximate surface area is 129 Å². The summed E-state index contributed by atoms with van der Waals surface area (Å²) in [5, 5.41) is 2.42. The Morgan fingerprint density at radius 2 is 2.05 bits per heavy atom. The highest BCUT2D eigenvalue weighted by Gasteiger charge is 2.44. The molecule has 1 amide bonds. The molecule has 3 rings (SSSR count). The molecule has 0 atom stereocenters. The summed E-state index contributed by atoms with van der Waals surface area (Å²) in [4.78, 5) is 11.8. The highest BCUT2D eigenvalue weighted by Crippen LogP contribution is 2.47. The van der Waals surface area contributed by atoms with E-state index >= 15 is 0 Å². The standard InChI is InChI=1S/C15H19FN2O3S/c16-12-3-1-2-11(8-12)15(6-7-15)10-17-14(19)9-18-22(20,21)13-4-5-13/h1-3,8,13,18H,4-7,9-10H2,(H,17,19). The maximum absolute atomic E-state index is 13.3. The van der Waals surface area contributed by atoms with E-state index in [0.717, 1.165) is 18.4 Å². The van der Waals surface area contributed by atoms with Crippen LogP contribution in [0.3, 0.4) is 0 Å². The lowest BCUT2D eigenvalue weighted by atomic mass is 9.96. The zero-order chi connectivity index (χ0) is 15.8. The van der Waals surface area contributed by atoms with Crippen LogP contribution in [-0.2, 0) is 20.2 Å². The summed E-state index contributed by atoms with van der Waals surface area (Å²) in [6.45, 7) is 0.165. The largest absolute Gasteiger partial charge is 0.354 e. The molecule has 0 spiro atoms. The molecule has 0 bridgehead atoms. The molecule has 2 aliphatic rings. The van der Waals surface area contributed by atoms with Gasteiger partial charge >= 0.3 is 0 Å². The quantitative estimate of drug-likeness (QED) is 0.786. The number of halogens is 1. The number of benzene rings is 1. The monoisotopic (exact) mass is 326 g/mol. The van der Waals surface area contributed by atoms with Crippen molar-refractivity contribution < 1.29 is 17.6 Å². The van der Waals surface area contributed by atoms with Gasteiger partial charge in [0.15, 0.2) is 0 Å². The van der Waals surface area contributed by atoms with Crippen LogP contribution in [-0.4, -0.2) is 32.7 Å². The van der Waals surface area contributed by atoms with Crippen LogP contribution in [0.5, 0.6) is 0 Å². The number of sulfonamides is 1. The molecule has 0 aromatic heterocycles. The minimum absolute atomic E-state index is 0.201. The Balaban J connectivity index is 1.51. The second kappa shape index (κ2) is 5.62. The molecule has 0 saturated heterocycles. The number of hydrogen-bond acceptors (Lipinski definition) is 3. The highest BCUT2D eigenvalue weighted by molar-refractivity contribution is 7.90. The molecule has 2 N–H and O–H groups in total. The van der Waals surface area contributed by atoms with Gasteiger partial charge in [-0.25, -0.2) is 17.5 Å². The van der Waals surface area contributed by atoms with Crippen molar-refractivity contribution in [3.8, 4) is 0 Å². The summed E-state index contributed by atoms with van der Waals surface area (Å²) in [6, 6.07) is 6.41. The fraction of sp³-hybridized carbons (Fsp3) is 0.533. The lowest BCUT2D eigenvalue weighted by molar-refractivity contribution is -0.120. The Kier molecular flexibility index (Phi) is 3.94. The summed E-state index contributed by atoms with van der Waals surface area (Å²) in [5.41, 5.74) is 0.680. The number of nitrogens with one attached hydrogen (secondary N) is 2. The van der Waals surface area contributed by atoms with Gasteiger partial charge in [-0.2, -0.15) is 0 Å². The maximum Gasteiger partial charge on any atom is 0.235 e. The average molecular weight is 326 g/mol. The molecule has 2 aliphatic carbocycles. The highest BCUT2D eigenvalue weighted by atomic mass is 32.2. The Morgan fingerprint density at radius 1 is 1.32 bits per heavy atom. The molecule has 0 heterocycles. The first-order chi connectivity index (χ1) is 10.4. The molecule has 2 saturated carbocycles. The van der Waals surface area contributed by atoms with Crippen molar-refractivity contribution >= 4 is 15.9 Å². The van der Waals surface area contributed by atoms with Crippen LogP contribution >= 0.6 is 0 Å². The number of hydrogen-bond donors (Lipinski definition) is 2. The summed E-state index contributed by atoms with van der Waals surface area (Å²) in [7, 11) is -3.34. The lowest BCUT2D eigenvalue weighted by Crippen LogP contribution is -2.41. The third-order valence-electron chi connectivity index (χ3n) is 4.31. The topological polar surface area (TPSA) is 75.3 Å². The molecular weight excluding hydrogens is 307 g/mol. The minimum Gasteiger partial charge on any atom is -0.354 e. The van der Waals surface area contributed by atoms with Crippen LogP contribution in [0.25, 0.3) is 0 Å². The minimum atomic E-state index is -3.34. The van der Waals surface area contributed by atoms with E-state index in [1.165, 1.54) is 12.1 Å². The Morgan fingerprint density at radius 3 is 2.64 bits per heavy atom. The molecule has 2 fully saturated rings. The van der Waals surface area contributed by atoms with Crippen molar-refractivity contribution in [3.05, 3.63) is 35.6 Å². The molecule has 120 valence electrons. The predicted octanol–water partition coefficient (Wildman–Crippen LogP) is 1.06. The van der Waals surface area contributed by atoms with Crippen molar-refractivity contribution in [3.63, 3.8) is 0 Å². The number of amides is 1. The van der Waals surface area contributed by atoms with Crippen LogP contribution in [0, 0.1) is 5.82 Å². The zero-order valence-electron chi connectivity index (χ0n) is 12.1. The molecule has 1 aromatic rings. The van der Waals surface area contributed by atoms with Gasteiger partial charge in [-0.1, -0.05) is 12.1 Å². The Hall–Kier alpha value is -1.47. The second-order valence-corrected chi connectivity index (χ2v) is 8.18. The number of carbonyl (C=O) groups excluding carboxylic acids is 1. The first-order valence-electron chi connectivity index (χ1n) is 7.43. The predicted molar refractivity (Wildman–Crippen MR) is 80.3 cm³/mol. The van der Waals surface area contributed by atoms with E-state index in [0.29, 0.717) is 19.4 Å². The van der Waals surface area contributed by atoms with Crippen LogP contribution < -0.4 is 10.0 Å². The third-order valence-corrected chi connectivity index (χ3v) is 6.21. The SMILES string of the molecule is O=C(CNS(=O)(=O)C1CC1)NCC1(c2cccc(F)c2)CC1. The second-order valence-electron chi connectivity index (χ2n) is 6.13. The summed E-state index contributed by atoms with van der Waals surface area (Å²) >= 11 is 0. The fourth-order valence-corrected chi connectivity index (χ4v) is 3.85. The van der Waals surface area contributed by atoms with Crippen molar-refractivity contribution in [1.82, 2.24) is 10.0 Å². The molecule has 5 nitrogen and oxygen atoms in total. The van der Waals surface area contributed by atoms with Crippen LogP contribution in [0.1, 0.15) is 31.2 Å². The van der Waals surface area contributed by atoms with E-state index in [1.54, 1.807) is 6.07 Å². The lowest BCUT2D eigenvalue weighted by Gasteiger charge is -2.17. The molecule has 1 aromatic carbocycles. The summed E-state index contributed by atoms with van der Waals surface area (Å²) < 4.78 is 38.9. The first kappa shape index (κ1) is 15.4.